The van der Waals surface area contributed by atoms with Gasteiger partial charge in [0.2, 0.25) is 5.95 Å². The molecule has 0 spiro atoms. The molecule has 1 aromatic carbocycles. The molecule has 0 saturated carbocycles. The van der Waals surface area contributed by atoms with E-state index in [1.54, 1.807) is 6.20 Å². The van der Waals surface area contributed by atoms with E-state index in [0.717, 1.165) is 5.56 Å². The van der Waals surface area contributed by atoms with Crippen molar-refractivity contribution in [2.75, 3.05) is 28.8 Å². The first kappa shape index (κ1) is 16.6. The van der Waals surface area contributed by atoms with E-state index in [4.69, 9.17) is 0 Å². The maximum absolute atomic E-state index is 11.6. The van der Waals surface area contributed by atoms with E-state index in [9.17, 15) is 8.42 Å². The van der Waals surface area contributed by atoms with E-state index in [0.29, 0.717) is 24.7 Å². The van der Waals surface area contributed by atoms with Crippen LogP contribution >= 0.6 is 0 Å². The summed E-state index contributed by atoms with van der Waals surface area (Å²) in [5.41, 5.74) is 2.34. The molecule has 3 rings (SSSR count). The number of sulfone groups is 1. The van der Waals surface area contributed by atoms with Crippen molar-refractivity contribution in [1.82, 2.24) is 15.2 Å². The number of benzene rings is 1. The zero-order chi connectivity index (χ0) is 17.2. The molecule has 1 N–H and O–H groups in total. The topological polar surface area (TPSA) is 88.1 Å². The van der Waals surface area contributed by atoms with Gasteiger partial charge in [-0.2, -0.15) is 10.1 Å². The van der Waals surface area contributed by atoms with Crippen molar-refractivity contribution in [3.63, 3.8) is 0 Å². The van der Waals surface area contributed by atoms with Crippen molar-refractivity contribution in [2.24, 2.45) is 0 Å². The van der Waals surface area contributed by atoms with Gasteiger partial charge in [-0.25, -0.2) is 8.42 Å². The van der Waals surface area contributed by atoms with Gasteiger partial charge in [-0.3, -0.25) is 0 Å². The quantitative estimate of drug-likeness (QED) is 0.875. The minimum atomic E-state index is -2.93. The van der Waals surface area contributed by atoms with Crippen LogP contribution in [-0.2, 0) is 16.4 Å². The van der Waals surface area contributed by atoms with Gasteiger partial charge in [-0.1, -0.05) is 29.8 Å². The summed E-state index contributed by atoms with van der Waals surface area (Å²) in [6.07, 6.45) is 2.18. The summed E-state index contributed by atoms with van der Waals surface area (Å²) < 4.78 is 23.3. The molecule has 0 amide bonds. The molecule has 2 heterocycles. The Kier molecular flexibility index (Phi) is 4.66. The van der Waals surface area contributed by atoms with Gasteiger partial charge in [0.15, 0.2) is 15.7 Å². The number of aromatic nitrogens is 3. The Bertz CT molecular complexity index is 807. The van der Waals surface area contributed by atoms with Gasteiger partial charge in [0.25, 0.3) is 0 Å². The van der Waals surface area contributed by atoms with Crippen LogP contribution in [0, 0.1) is 6.92 Å². The van der Waals surface area contributed by atoms with E-state index in [2.05, 4.69) is 44.8 Å². The number of hydrogen-bond donors (Lipinski definition) is 1. The maximum atomic E-state index is 11.6. The number of hydrogen-bond acceptors (Lipinski definition) is 7. The molecule has 7 nitrogen and oxygen atoms in total. The van der Waals surface area contributed by atoms with E-state index >= 15 is 0 Å². The third kappa shape index (κ3) is 4.00. The molecule has 1 unspecified atom stereocenters. The summed E-state index contributed by atoms with van der Waals surface area (Å²) in [4.78, 5) is 6.32. The van der Waals surface area contributed by atoms with E-state index in [1.165, 1.54) is 5.56 Å². The molecule has 1 atom stereocenters. The predicted molar refractivity (Wildman–Crippen MR) is 93.8 cm³/mol. The SMILES string of the molecule is Cc1ccc(CNc2nncc(N(C)C3CCS(=O)(=O)C3)n2)cc1. The lowest BCUT2D eigenvalue weighted by molar-refractivity contribution is 0.600. The summed E-state index contributed by atoms with van der Waals surface area (Å²) in [6.45, 7) is 2.65. The van der Waals surface area contributed by atoms with Gasteiger partial charge in [-0.05, 0) is 18.9 Å². The van der Waals surface area contributed by atoms with Crippen molar-refractivity contribution < 1.29 is 8.42 Å². The predicted octanol–water partition coefficient (Wildman–Crippen LogP) is 1.42. The van der Waals surface area contributed by atoms with Crippen LogP contribution in [0.25, 0.3) is 0 Å². The summed E-state index contributed by atoms with van der Waals surface area (Å²) in [5, 5.41) is 11.1. The van der Waals surface area contributed by atoms with Gasteiger partial charge in [0, 0.05) is 19.6 Å². The highest BCUT2D eigenvalue weighted by Crippen LogP contribution is 2.21. The Morgan fingerprint density at radius 3 is 2.71 bits per heavy atom. The van der Waals surface area contributed by atoms with Gasteiger partial charge >= 0.3 is 0 Å². The van der Waals surface area contributed by atoms with Crippen LogP contribution in [0.4, 0.5) is 11.8 Å². The Hall–Kier alpha value is -2.22. The van der Waals surface area contributed by atoms with Crippen LogP contribution in [0.3, 0.4) is 0 Å². The van der Waals surface area contributed by atoms with Crippen molar-refractivity contribution in [2.45, 2.75) is 25.9 Å². The summed E-state index contributed by atoms with van der Waals surface area (Å²) in [7, 11) is -1.08. The molecular formula is C16H21N5O2S. The Morgan fingerprint density at radius 2 is 2.04 bits per heavy atom. The smallest absolute Gasteiger partial charge is 0.244 e. The van der Waals surface area contributed by atoms with Gasteiger partial charge in [0.05, 0.1) is 17.7 Å². The lowest BCUT2D eigenvalue weighted by Gasteiger charge is -2.24. The van der Waals surface area contributed by atoms with Gasteiger partial charge in [-0.15, -0.1) is 5.10 Å². The number of rotatable bonds is 5. The summed E-state index contributed by atoms with van der Waals surface area (Å²) >= 11 is 0. The normalized spacial score (nSPS) is 19.2. The van der Waals surface area contributed by atoms with E-state index in [-0.39, 0.29) is 17.5 Å². The van der Waals surface area contributed by atoms with E-state index < -0.39 is 9.84 Å². The minimum Gasteiger partial charge on any atom is -0.354 e. The Labute approximate surface area is 142 Å². The number of nitrogens with zero attached hydrogens (tertiary/aromatic N) is 4. The average Bonchev–Trinajstić information content (AvgIpc) is 2.94. The zero-order valence-electron chi connectivity index (χ0n) is 13.8. The zero-order valence-corrected chi connectivity index (χ0v) is 14.6. The molecule has 128 valence electrons. The highest BCUT2D eigenvalue weighted by Gasteiger charge is 2.31. The first-order valence-electron chi connectivity index (χ1n) is 7.85. The van der Waals surface area contributed by atoms with Crippen LogP contribution in [0.2, 0.25) is 0 Å². The molecule has 1 aliphatic heterocycles. The van der Waals surface area contributed by atoms with Crippen molar-refractivity contribution in [1.29, 1.82) is 0 Å². The molecule has 1 aromatic heterocycles. The highest BCUT2D eigenvalue weighted by atomic mass is 32.2. The average molecular weight is 347 g/mol. The molecule has 0 aliphatic carbocycles. The fourth-order valence-electron chi connectivity index (χ4n) is 2.69. The second kappa shape index (κ2) is 6.72. The summed E-state index contributed by atoms with van der Waals surface area (Å²) in [6, 6.07) is 8.16. The van der Waals surface area contributed by atoms with Crippen LogP contribution in [0.15, 0.2) is 30.5 Å². The molecule has 1 saturated heterocycles. The Balaban J connectivity index is 1.66. The van der Waals surface area contributed by atoms with Crippen LogP contribution < -0.4 is 10.2 Å². The molecule has 2 aromatic rings. The number of aryl methyl sites for hydroxylation is 1. The minimum absolute atomic E-state index is 0.0587. The maximum Gasteiger partial charge on any atom is 0.244 e. The van der Waals surface area contributed by atoms with Crippen molar-refractivity contribution in [3.8, 4) is 0 Å². The molecule has 8 heteroatoms. The molecule has 1 aliphatic rings. The largest absolute Gasteiger partial charge is 0.354 e. The molecule has 0 bridgehead atoms. The second-order valence-electron chi connectivity index (χ2n) is 6.15. The van der Waals surface area contributed by atoms with Crippen LogP contribution in [-0.4, -0.2) is 48.2 Å². The van der Waals surface area contributed by atoms with Crippen molar-refractivity contribution >= 4 is 21.6 Å². The molecule has 0 radical (unpaired) electrons. The molecule has 1 fully saturated rings. The lowest BCUT2D eigenvalue weighted by atomic mass is 10.1. The third-order valence-electron chi connectivity index (χ3n) is 4.23. The monoisotopic (exact) mass is 347 g/mol. The van der Waals surface area contributed by atoms with Gasteiger partial charge < -0.3 is 10.2 Å². The highest BCUT2D eigenvalue weighted by molar-refractivity contribution is 7.91. The standard InChI is InChI=1S/C16H21N5O2S/c1-12-3-5-13(6-4-12)9-17-16-19-15(10-18-20-16)21(2)14-7-8-24(22,23)11-14/h3-6,10,14H,7-9,11H2,1-2H3,(H,17,19,20). The van der Waals surface area contributed by atoms with Crippen LogP contribution in [0.5, 0.6) is 0 Å². The van der Waals surface area contributed by atoms with Gasteiger partial charge in [0.1, 0.15) is 0 Å². The number of anilines is 2. The first-order chi connectivity index (χ1) is 11.4. The molecular weight excluding hydrogens is 326 g/mol. The van der Waals surface area contributed by atoms with Crippen LogP contribution in [0.1, 0.15) is 17.5 Å². The van der Waals surface area contributed by atoms with E-state index in [1.807, 2.05) is 18.9 Å². The fourth-order valence-corrected chi connectivity index (χ4v) is 4.47. The Morgan fingerprint density at radius 1 is 1.29 bits per heavy atom. The lowest BCUT2D eigenvalue weighted by Crippen LogP contribution is -2.33. The molecule has 24 heavy (non-hydrogen) atoms. The number of nitrogens with one attached hydrogen (secondary N) is 1. The second-order valence-corrected chi connectivity index (χ2v) is 8.37. The first-order valence-corrected chi connectivity index (χ1v) is 9.67. The summed E-state index contributed by atoms with van der Waals surface area (Å²) in [5.74, 6) is 1.46. The third-order valence-corrected chi connectivity index (χ3v) is 5.99. The fraction of sp³-hybridized carbons (Fsp3) is 0.438. The van der Waals surface area contributed by atoms with Crippen molar-refractivity contribution in [3.05, 3.63) is 41.6 Å².